The van der Waals surface area contributed by atoms with E-state index in [0.29, 0.717) is 37.8 Å². The highest BCUT2D eigenvalue weighted by Crippen LogP contribution is 2.05. The van der Waals surface area contributed by atoms with Gasteiger partial charge < -0.3 is 15.5 Å². The normalized spacial score (nSPS) is 11.7. The van der Waals surface area contributed by atoms with Crippen molar-refractivity contribution in [1.82, 2.24) is 5.32 Å². The molecule has 104 valence electrons. The van der Waals surface area contributed by atoms with E-state index in [4.69, 9.17) is 10.2 Å². The minimum Gasteiger partial charge on any atom is -0.396 e. The molecule has 0 saturated carbocycles. The highest BCUT2D eigenvalue weighted by atomic mass is 16.3. The number of carbonyl (C=O) groups excluding carboxylic acids is 1. The van der Waals surface area contributed by atoms with Gasteiger partial charge in [0, 0.05) is 26.2 Å². The first-order valence-electron chi connectivity index (χ1n) is 6.46. The van der Waals surface area contributed by atoms with E-state index in [1.807, 2.05) is 13.8 Å². The van der Waals surface area contributed by atoms with Crippen LogP contribution in [0.3, 0.4) is 0 Å². The molecule has 0 aliphatic rings. The van der Waals surface area contributed by atoms with Crippen LogP contribution in [-0.4, -0.2) is 35.9 Å². The molecule has 0 aliphatic carbocycles. The minimum absolute atomic E-state index is 0.0952. The Kier molecular flexibility index (Phi) is 14.8. The van der Waals surface area contributed by atoms with Gasteiger partial charge in [-0.1, -0.05) is 34.1 Å². The van der Waals surface area contributed by atoms with Crippen molar-refractivity contribution in [3.63, 3.8) is 0 Å². The maximum Gasteiger partial charge on any atom is 0.220 e. The van der Waals surface area contributed by atoms with Crippen LogP contribution in [0.25, 0.3) is 0 Å². The highest BCUT2D eigenvalue weighted by molar-refractivity contribution is 5.76. The molecule has 0 bridgehead atoms. The van der Waals surface area contributed by atoms with E-state index in [-0.39, 0.29) is 12.5 Å². The van der Waals surface area contributed by atoms with Gasteiger partial charge in [-0.25, -0.2) is 0 Å². The van der Waals surface area contributed by atoms with E-state index in [1.165, 1.54) is 0 Å². The maximum absolute atomic E-state index is 11.1. The smallest absolute Gasteiger partial charge is 0.220 e. The summed E-state index contributed by atoms with van der Waals surface area (Å²) < 4.78 is 0. The van der Waals surface area contributed by atoms with Crippen LogP contribution in [0.5, 0.6) is 0 Å². The van der Waals surface area contributed by atoms with Crippen LogP contribution in [-0.2, 0) is 4.79 Å². The number of hydrogen-bond donors (Lipinski definition) is 3. The Morgan fingerprint density at radius 2 is 1.76 bits per heavy atom. The SMILES string of the molecule is CC(C)CO.CCC(C)CC(=O)NCCCO. The number of nitrogens with one attached hydrogen (secondary N) is 1. The third-order valence-corrected chi connectivity index (χ3v) is 2.25. The summed E-state index contributed by atoms with van der Waals surface area (Å²) in [5, 5.41) is 19.3. The van der Waals surface area contributed by atoms with Crippen LogP contribution in [0.15, 0.2) is 0 Å². The fourth-order valence-electron chi connectivity index (χ4n) is 0.840. The third kappa shape index (κ3) is 18.0. The second-order valence-corrected chi connectivity index (χ2v) is 4.72. The van der Waals surface area contributed by atoms with Crippen molar-refractivity contribution >= 4 is 5.91 Å². The quantitative estimate of drug-likeness (QED) is 0.598. The molecular weight excluding hydrogens is 218 g/mol. The molecule has 0 heterocycles. The Hall–Kier alpha value is -0.610. The summed E-state index contributed by atoms with van der Waals surface area (Å²) in [7, 11) is 0. The van der Waals surface area contributed by atoms with E-state index in [0.717, 1.165) is 6.42 Å². The van der Waals surface area contributed by atoms with Crippen molar-refractivity contribution in [3.8, 4) is 0 Å². The second kappa shape index (κ2) is 13.5. The lowest BCUT2D eigenvalue weighted by atomic mass is 10.1. The molecule has 0 rings (SSSR count). The lowest BCUT2D eigenvalue weighted by Crippen LogP contribution is -2.26. The molecule has 4 nitrogen and oxygen atoms in total. The van der Waals surface area contributed by atoms with Crippen molar-refractivity contribution in [2.75, 3.05) is 19.8 Å². The van der Waals surface area contributed by atoms with Crippen LogP contribution in [0, 0.1) is 11.8 Å². The molecule has 17 heavy (non-hydrogen) atoms. The Morgan fingerprint density at radius 3 is 2.12 bits per heavy atom. The number of rotatable bonds is 7. The van der Waals surface area contributed by atoms with Gasteiger partial charge in [-0.05, 0) is 18.3 Å². The van der Waals surface area contributed by atoms with Crippen molar-refractivity contribution in [3.05, 3.63) is 0 Å². The van der Waals surface area contributed by atoms with Gasteiger partial charge in [-0.15, -0.1) is 0 Å². The summed E-state index contributed by atoms with van der Waals surface area (Å²) in [5.41, 5.74) is 0. The molecule has 0 saturated heterocycles. The van der Waals surface area contributed by atoms with E-state index in [9.17, 15) is 4.79 Å². The molecule has 3 N–H and O–H groups in total. The standard InChI is InChI=1S/C9H19NO2.C4H10O/c1-3-8(2)7-9(12)10-5-4-6-11;1-4(2)3-5/h8,11H,3-7H2,1-2H3,(H,10,12);4-5H,3H2,1-2H3. The Balaban J connectivity index is 0. The number of amides is 1. The van der Waals surface area contributed by atoms with Crippen LogP contribution < -0.4 is 5.32 Å². The predicted octanol–water partition coefficient (Wildman–Crippen LogP) is 1.56. The van der Waals surface area contributed by atoms with Crippen LogP contribution in [0.2, 0.25) is 0 Å². The average Bonchev–Trinajstić information content (AvgIpc) is 2.30. The molecule has 0 fully saturated rings. The van der Waals surface area contributed by atoms with E-state index < -0.39 is 0 Å². The van der Waals surface area contributed by atoms with Crippen LogP contribution >= 0.6 is 0 Å². The molecule has 0 aromatic rings. The summed E-state index contributed by atoms with van der Waals surface area (Å²) in [4.78, 5) is 11.1. The monoisotopic (exact) mass is 247 g/mol. The molecule has 1 unspecified atom stereocenters. The lowest BCUT2D eigenvalue weighted by Gasteiger charge is -2.08. The summed E-state index contributed by atoms with van der Waals surface area (Å²) in [6.07, 6.45) is 2.28. The van der Waals surface area contributed by atoms with Crippen molar-refractivity contribution in [2.24, 2.45) is 11.8 Å². The second-order valence-electron chi connectivity index (χ2n) is 4.72. The van der Waals surface area contributed by atoms with Crippen LogP contribution in [0.4, 0.5) is 0 Å². The van der Waals surface area contributed by atoms with E-state index in [2.05, 4.69) is 19.2 Å². The molecule has 0 aromatic heterocycles. The minimum atomic E-state index is 0.0952. The molecule has 0 radical (unpaired) electrons. The van der Waals surface area contributed by atoms with Crippen molar-refractivity contribution < 1.29 is 15.0 Å². The summed E-state index contributed by atoms with van der Waals surface area (Å²) in [5.74, 6) is 0.993. The zero-order valence-corrected chi connectivity index (χ0v) is 11.7. The summed E-state index contributed by atoms with van der Waals surface area (Å²) in [6.45, 7) is 9.12. The summed E-state index contributed by atoms with van der Waals surface area (Å²) >= 11 is 0. The largest absolute Gasteiger partial charge is 0.396 e. The Labute approximate surface area is 105 Å². The van der Waals surface area contributed by atoms with Gasteiger partial charge in [0.1, 0.15) is 0 Å². The van der Waals surface area contributed by atoms with Crippen molar-refractivity contribution in [1.29, 1.82) is 0 Å². The summed E-state index contributed by atoms with van der Waals surface area (Å²) in [6, 6.07) is 0. The number of hydrogen-bond acceptors (Lipinski definition) is 3. The van der Waals surface area contributed by atoms with E-state index >= 15 is 0 Å². The van der Waals surface area contributed by atoms with E-state index in [1.54, 1.807) is 0 Å². The molecule has 0 spiro atoms. The molecule has 0 aliphatic heterocycles. The third-order valence-electron chi connectivity index (χ3n) is 2.25. The first-order valence-corrected chi connectivity index (χ1v) is 6.46. The highest BCUT2D eigenvalue weighted by Gasteiger charge is 2.05. The van der Waals surface area contributed by atoms with Gasteiger partial charge in [-0.2, -0.15) is 0 Å². The van der Waals surface area contributed by atoms with Gasteiger partial charge in [0.2, 0.25) is 5.91 Å². The first-order chi connectivity index (χ1) is 7.97. The lowest BCUT2D eigenvalue weighted by molar-refractivity contribution is -0.121. The number of aliphatic hydroxyl groups excluding tert-OH is 2. The fraction of sp³-hybridized carbons (Fsp3) is 0.923. The zero-order chi connectivity index (χ0) is 13.7. The molecule has 4 heteroatoms. The van der Waals surface area contributed by atoms with Gasteiger partial charge in [0.05, 0.1) is 0 Å². The Bertz CT molecular complexity index is 172. The Morgan fingerprint density at radius 1 is 1.24 bits per heavy atom. The van der Waals surface area contributed by atoms with Gasteiger partial charge in [0.15, 0.2) is 0 Å². The van der Waals surface area contributed by atoms with Gasteiger partial charge in [-0.3, -0.25) is 4.79 Å². The molecular formula is C13H29NO3. The van der Waals surface area contributed by atoms with Gasteiger partial charge >= 0.3 is 0 Å². The topological polar surface area (TPSA) is 69.6 Å². The zero-order valence-electron chi connectivity index (χ0n) is 11.7. The first kappa shape index (κ1) is 18.7. The molecule has 1 amide bonds. The average molecular weight is 247 g/mol. The van der Waals surface area contributed by atoms with Crippen molar-refractivity contribution in [2.45, 2.75) is 47.0 Å². The van der Waals surface area contributed by atoms with Gasteiger partial charge in [0.25, 0.3) is 0 Å². The number of aliphatic hydroxyl groups is 2. The maximum atomic E-state index is 11.1. The van der Waals surface area contributed by atoms with Crippen LogP contribution in [0.1, 0.15) is 47.0 Å². The fourth-order valence-corrected chi connectivity index (χ4v) is 0.840. The molecule has 1 atom stereocenters. The number of carbonyl (C=O) groups is 1. The molecule has 0 aromatic carbocycles. The predicted molar refractivity (Wildman–Crippen MR) is 70.7 cm³/mol.